The molecule has 0 heterocycles. The van der Waals surface area contributed by atoms with Gasteiger partial charge in [-0.05, 0) is 11.5 Å². The summed E-state index contributed by atoms with van der Waals surface area (Å²) >= 11 is 0. The average Bonchev–Trinajstić information content (AvgIpc) is 2.17. The van der Waals surface area contributed by atoms with E-state index in [2.05, 4.69) is 5.11 Å². The third-order valence-electron chi connectivity index (χ3n) is 1.87. The molecule has 2 rings (SSSR count). The second-order valence-electron chi connectivity index (χ2n) is 2.60. The molecular weight excluding hydrogens is 148 g/mol. The number of hydrogen-bond acceptors (Lipinski definition) is 1. The van der Waals surface area contributed by atoms with Crippen LogP contribution in [0.1, 0.15) is 0 Å². The van der Waals surface area contributed by atoms with Crippen LogP contribution in [0.2, 0.25) is 0 Å². The van der Waals surface area contributed by atoms with Crippen LogP contribution in [0.4, 0.5) is 5.69 Å². The molecule has 0 aliphatic carbocycles. The topological polar surface area (TPSA) is 34.7 Å². The Bertz CT molecular complexity index is 416. The van der Waals surface area contributed by atoms with Gasteiger partial charge in [-0.3, -0.25) is 0 Å². The third-order valence-corrected chi connectivity index (χ3v) is 1.87. The minimum absolute atomic E-state index is 0.619. The number of rotatable bonds is 1. The molecule has 0 spiro atoms. The van der Waals surface area contributed by atoms with Crippen molar-refractivity contribution in [1.82, 2.24) is 0 Å². The molecule has 2 nitrogen and oxygen atoms in total. The molecule has 2 aromatic carbocycles. The first-order chi connectivity index (χ1) is 5.92. The van der Waals surface area contributed by atoms with Crippen molar-refractivity contribution >= 4 is 16.5 Å². The highest BCUT2D eigenvalue weighted by Gasteiger charge is 1.93. The van der Waals surface area contributed by atoms with Crippen molar-refractivity contribution in [3.05, 3.63) is 48.0 Å². The predicted octanol–water partition coefficient (Wildman–Crippen LogP) is 3.49. The predicted molar refractivity (Wildman–Crippen MR) is 49.4 cm³/mol. The molecule has 0 aliphatic rings. The Kier molecular flexibility index (Phi) is 1.59. The Balaban J connectivity index is 2.88. The van der Waals surface area contributed by atoms with E-state index in [0.717, 1.165) is 10.8 Å². The Hall–Kier alpha value is -1.70. The van der Waals surface area contributed by atoms with Crippen LogP contribution in [0.25, 0.3) is 16.3 Å². The van der Waals surface area contributed by atoms with Crippen molar-refractivity contribution in [2.45, 2.75) is 0 Å². The van der Waals surface area contributed by atoms with Crippen LogP contribution in [0.3, 0.4) is 0 Å². The summed E-state index contributed by atoms with van der Waals surface area (Å²) < 4.78 is 0. The molecule has 0 atom stereocenters. The molecule has 12 heavy (non-hydrogen) atoms. The van der Waals surface area contributed by atoms with Crippen LogP contribution in [0.15, 0.2) is 47.6 Å². The van der Waals surface area contributed by atoms with Gasteiger partial charge < -0.3 is 10.6 Å². The fraction of sp³-hybridized carbons (Fsp3) is 0. The summed E-state index contributed by atoms with van der Waals surface area (Å²) in [5.41, 5.74) is 9.28. The lowest BCUT2D eigenvalue weighted by molar-refractivity contribution is 1.54. The number of nitrogens with zero attached hydrogens (tertiary/aromatic N) is 2. The standard InChI is InChI=1S/C10H7N2/c11-12-10-7-3-5-8-4-1-2-6-9(8)10/h1-7H/q-1. The van der Waals surface area contributed by atoms with E-state index in [1.807, 2.05) is 36.4 Å². The van der Waals surface area contributed by atoms with E-state index in [-0.39, 0.29) is 0 Å². The van der Waals surface area contributed by atoms with Gasteiger partial charge in [0.1, 0.15) is 0 Å². The summed E-state index contributed by atoms with van der Waals surface area (Å²) in [6.45, 7) is 0. The normalized spacial score (nSPS) is 10.0. The summed E-state index contributed by atoms with van der Waals surface area (Å²) in [7, 11) is 0. The quantitative estimate of drug-likeness (QED) is 0.565. The zero-order valence-corrected chi connectivity index (χ0v) is 6.44. The van der Waals surface area contributed by atoms with Crippen LogP contribution < -0.4 is 0 Å². The zero-order chi connectivity index (χ0) is 8.39. The number of hydrogen-bond donors (Lipinski definition) is 0. The second kappa shape index (κ2) is 2.74. The smallest absolute Gasteiger partial charge is 0.0475 e. The van der Waals surface area contributed by atoms with E-state index in [4.69, 9.17) is 5.53 Å². The van der Waals surface area contributed by atoms with Gasteiger partial charge in [-0.25, -0.2) is 0 Å². The maximum atomic E-state index is 8.66. The molecule has 2 aromatic rings. The highest BCUT2D eigenvalue weighted by atomic mass is 15.0. The molecule has 0 aromatic heterocycles. The highest BCUT2D eigenvalue weighted by molar-refractivity contribution is 5.92. The molecule has 0 fully saturated rings. The first kappa shape index (κ1) is 6.98. The number of fused-ring (bicyclic) bond motifs is 1. The van der Waals surface area contributed by atoms with Gasteiger partial charge in [0.15, 0.2) is 0 Å². The van der Waals surface area contributed by atoms with Gasteiger partial charge in [0.2, 0.25) is 0 Å². The molecular formula is C10H7N2-. The summed E-state index contributed by atoms with van der Waals surface area (Å²) in [6, 6.07) is 13.5. The Morgan fingerprint density at radius 1 is 0.917 bits per heavy atom. The van der Waals surface area contributed by atoms with E-state index < -0.39 is 0 Å². The monoisotopic (exact) mass is 155 g/mol. The second-order valence-corrected chi connectivity index (χ2v) is 2.60. The van der Waals surface area contributed by atoms with E-state index in [1.165, 1.54) is 0 Å². The first-order valence-corrected chi connectivity index (χ1v) is 3.74. The van der Waals surface area contributed by atoms with Gasteiger partial charge in [0.25, 0.3) is 0 Å². The molecule has 0 saturated carbocycles. The molecule has 0 amide bonds. The van der Waals surface area contributed by atoms with Gasteiger partial charge in [0, 0.05) is 11.1 Å². The Morgan fingerprint density at radius 2 is 1.67 bits per heavy atom. The van der Waals surface area contributed by atoms with Crippen LogP contribution in [0.5, 0.6) is 0 Å². The first-order valence-electron chi connectivity index (χ1n) is 3.74. The fourth-order valence-corrected chi connectivity index (χ4v) is 1.30. The largest absolute Gasteiger partial charge is 0.706 e. The van der Waals surface area contributed by atoms with Crippen LogP contribution in [0, 0.1) is 0 Å². The van der Waals surface area contributed by atoms with Gasteiger partial charge >= 0.3 is 0 Å². The summed E-state index contributed by atoms with van der Waals surface area (Å²) in [5.74, 6) is 0. The summed E-state index contributed by atoms with van der Waals surface area (Å²) in [5, 5.41) is 5.26. The maximum Gasteiger partial charge on any atom is 0.0475 e. The lowest BCUT2D eigenvalue weighted by Gasteiger charge is -2.02. The molecule has 0 radical (unpaired) electrons. The molecule has 0 aliphatic heterocycles. The average molecular weight is 155 g/mol. The summed E-state index contributed by atoms with van der Waals surface area (Å²) in [6.07, 6.45) is 0. The van der Waals surface area contributed by atoms with Crippen molar-refractivity contribution in [2.75, 3.05) is 0 Å². The van der Waals surface area contributed by atoms with E-state index in [0.29, 0.717) is 5.69 Å². The highest BCUT2D eigenvalue weighted by Crippen LogP contribution is 2.24. The lowest BCUT2D eigenvalue weighted by Crippen LogP contribution is -1.70. The SMILES string of the molecule is [N-]=Nc1cccc2ccccc12. The van der Waals surface area contributed by atoms with Gasteiger partial charge in [-0.1, -0.05) is 36.4 Å². The lowest BCUT2D eigenvalue weighted by atomic mass is 10.1. The minimum Gasteiger partial charge on any atom is -0.706 e. The Morgan fingerprint density at radius 3 is 2.50 bits per heavy atom. The summed E-state index contributed by atoms with van der Waals surface area (Å²) in [4.78, 5) is 0. The van der Waals surface area contributed by atoms with Crippen molar-refractivity contribution < 1.29 is 0 Å². The van der Waals surface area contributed by atoms with E-state index in [1.54, 1.807) is 6.07 Å². The molecule has 0 bridgehead atoms. The minimum atomic E-state index is 0.619. The zero-order valence-electron chi connectivity index (χ0n) is 6.44. The molecule has 58 valence electrons. The van der Waals surface area contributed by atoms with Crippen LogP contribution >= 0.6 is 0 Å². The molecule has 0 unspecified atom stereocenters. The van der Waals surface area contributed by atoms with Crippen LogP contribution in [-0.2, 0) is 0 Å². The Labute approximate surface area is 70.3 Å². The third kappa shape index (κ3) is 0.975. The van der Waals surface area contributed by atoms with Crippen molar-refractivity contribution in [1.29, 1.82) is 0 Å². The van der Waals surface area contributed by atoms with Gasteiger partial charge in [-0.15, -0.1) is 0 Å². The fourth-order valence-electron chi connectivity index (χ4n) is 1.30. The van der Waals surface area contributed by atoms with Crippen molar-refractivity contribution in [3.63, 3.8) is 0 Å². The van der Waals surface area contributed by atoms with Crippen molar-refractivity contribution in [2.24, 2.45) is 5.11 Å². The van der Waals surface area contributed by atoms with Gasteiger partial charge in [0.05, 0.1) is 0 Å². The molecule has 2 heteroatoms. The number of benzene rings is 2. The molecule has 0 saturated heterocycles. The van der Waals surface area contributed by atoms with Crippen LogP contribution in [-0.4, -0.2) is 0 Å². The molecule has 0 N–H and O–H groups in total. The van der Waals surface area contributed by atoms with E-state index in [9.17, 15) is 0 Å². The maximum absolute atomic E-state index is 8.66. The van der Waals surface area contributed by atoms with Gasteiger partial charge in [-0.2, -0.15) is 0 Å². The van der Waals surface area contributed by atoms with Crippen molar-refractivity contribution in [3.8, 4) is 0 Å². The van der Waals surface area contributed by atoms with E-state index >= 15 is 0 Å².